The minimum atomic E-state index is 0.0791. The summed E-state index contributed by atoms with van der Waals surface area (Å²) >= 11 is 0. The lowest BCUT2D eigenvalue weighted by atomic mass is 9.87. The second-order valence-electron chi connectivity index (χ2n) is 6.97. The molecule has 1 aliphatic carbocycles. The summed E-state index contributed by atoms with van der Waals surface area (Å²) in [6.45, 7) is 6.47. The van der Waals surface area contributed by atoms with Crippen LogP contribution in [0.25, 0.3) is 0 Å². The topological polar surface area (TPSA) is 44.4 Å². The first-order chi connectivity index (χ1) is 11.2. The number of amides is 1. The van der Waals surface area contributed by atoms with E-state index in [1.165, 1.54) is 36.8 Å². The zero-order valence-electron chi connectivity index (χ0n) is 14.2. The fourth-order valence-corrected chi connectivity index (χ4v) is 3.97. The molecule has 1 aromatic carbocycles. The van der Waals surface area contributed by atoms with Crippen molar-refractivity contribution in [3.63, 3.8) is 0 Å². The molecule has 4 nitrogen and oxygen atoms in total. The van der Waals surface area contributed by atoms with Gasteiger partial charge in [-0.1, -0.05) is 42.7 Å². The maximum atomic E-state index is 12.3. The molecule has 2 aliphatic rings. The number of nitrogens with one attached hydrogen (secondary N) is 2. The Hall–Kier alpha value is -1.39. The molecule has 126 valence electrons. The molecule has 23 heavy (non-hydrogen) atoms. The van der Waals surface area contributed by atoms with Crippen LogP contribution in [0.2, 0.25) is 0 Å². The molecule has 0 atom stereocenters. The fourth-order valence-electron chi connectivity index (χ4n) is 3.97. The van der Waals surface area contributed by atoms with E-state index in [9.17, 15) is 4.79 Å². The molecule has 0 bridgehead atoms. The number of benzene rings is 1. The van der Waals surface area contributed by atoms with Gasteiger partial charge >= 0.3 is 0 Å². The van der Waals surface area contributed by atoms with Crippen LogP contribution < -0.4 is 10.6 Å². The van der Waals surface area contributed by atoms with Crippen molar-refractivity contribution in [1.82, 2.24) is 15.5 Å². The second-order valence-corrected chi connectivity index (χ2v) is 6.97. The highest BCUT2D eigenvalue weighted by molar-refractivity contribution is 5.76. The van der Waals surface area contributed by atoms with Gasteiger partial charge in [-0.2, -0.15) is 0 Å². The van der Waals surface area contributed by atoms with Gasteiger partial charge in [-0.05, 0) is 25.3 Å². The van der Waals surface area contributed by atoms with E-state index in [-0.39, 0.29) is 11.4 Å². The molecule has 1 amide bonds. The fraction of sp³-hybridized carbons (Fsp3) is 0.632. The predicted molar refractivity (Wildman–Crippen MR) is 93.4 cm³/mol. The van der Waals surface area contributed by atoms with Crippen molar-refractivity contribution in [3.8, 4) is 0 Å². The first-order valence-corrected chi connectivity index (χ1v) is 9.00. The third kappa shape index (κ3) is 3.93. The number of rotatable bonds is 5. The van der Waals surface area contributed by atoms with E-state index >= 15 is 0 Å². The van der Waals surface area contributed by atoms with E-state index in [2.05, 4.69) is 41.8 Å². The number of hydrogen-bond acceptors (Lipinski definition) is 3. The summed E-state index contributed by atoms with van der Waals surface area (Å²) in [6, 6.07) is 8.85. The number of piperazine rings is 1. The molecule has 4 heteroatoms. The van der Waals surface area contributed by atoms with Crippen molar-refractivity contribution < 1.29 is 4.79 Å². The molecule has 2 fully saturated rings. The molecule has 2 N–H and O–H groups in total. The Bertz CT molecular complexity index is 531. The molecular formula is C19H29N3O. The van der Waals surface area contributed by atoms with Crippen LogP contribution in [0.3, 0.4) is 0 Å². The summed E-state index contributed by atoms with van der Waals surface area (Å²) in [5.41, 5.74) is 2.78. The van der Waals surface area contributed by atoms with E-state index in [4.69, 9.17) is 0 Å². The van der Waals surface area contributed by atoms with Crippen LogP contribution in [0.4, 0.5) is 0 Å². The molecule has 3 rings (SSSR count). The molecule has 1 saturated carbocycles. The van der Waals surface area contributed by atoms with Gasteiger partial charge in [0.25, 0.3) is 0 Å². The molecule has 0 aromatic heterocycles. The van der Waals surface area contributed by atoms with Crippen molar-refractivity contribution in [2.75, 3.05) is 32.7 Å². The molecule has 1 saturated heterocycles. The third-order valence-corrected chi connectivity index (χ3v) is 5.30. The van der Waals surface area contributed by atoms with E-state index in [0.717, 1.165) is 32.7 Å². The number of carbonyl (C=O) groups excluding carboxylic acids is 1. The van der Waals surface area contributed by atoms with Crippen LogP contribution in [0.5, 0.6) is 0 Å². The Balaban J connectivity index is 1.58. The van der Waals surface area contributed by atoms with E-state index in [1.807, 2.05) is 4.90 Å². The predicted octanol–water partition coefficient (Wildman–Crippen LogP) is 2.18. The highest BCUT2D eigenvalue weighted by Crippen LogP contribution is 2.38. The number of hydrogen-bond donors (Lipinski definition) is 2. The Labute approximate surface area is 139 Å². The van der Waals surface area contributed by atoms with Crippen molar-refractivity contribution in [3.05, 3.63) is 35.4 Å². The van der Waals surface area contributed by atoms with E-state index in [0.29, 0.717) is 6.42 Å². The van der Waals surface area contributed by atoms with E-state index < -0.39 is 0 Å². The van der Waals surface area contributed by atoms with Crippen LogP contribution in [-0.4, -0.2) is 43.5 Å². The minimum Gasteiger partial charge on any atom is -0.340 e. The summed E-state index contributed by atoms with van der Waals surface area (Å²) < 4.78 is 0. The molecule has 1 aromatic rings. The third-order valence-electron chi connectivity index (χ3n) is 5.30. The summed E-state index contributed by atoms with van der Waals surface area (Å²) in [4.78, 5) is 14.3. The van der Waals surface area contributed by atoms with Crippen molar-refractivity contribution in [1.29, 1.82) is 0 Å². The lowest BCUT2D eigenvalue weighted by molar-refractivity contribution is -0.131. The van der Waals surface area contributed by atoms with Crippen LogP contribution in [0.1, 0.15) is 43.2 Å². The zero-order chi connectivity index (χ0) is 16.1. The van der Waals surface area contributed by atoms with Gasteiger partial charge in [-0.15, -0.1) is 0 Å². The molecular weight excluding hydrogens is 286 g/mol. The van der Waals surface area contributed by atoms with Crippen LogP contribution >= 0.6 is 0 Å². The van der Waals surface area contributed by atoms with Gasteiger partial charge in [-0.25, -0.2) is 0 Å². The number of carbonyl (C=O) groups is 1. The van der Waals surface area contributed by atoms with Gasteiger partial charge in [0, 0.05) is 44.7 Å². The van der Waals surface area contributed by atoms with Gasteiger partial charge in [-0.3, -0.25) is 4.79 Å². The zero-order valence-corrected chi connectivity index (χ0v) is 14.2. The van der Waals surface area contributed by atoms with Crippen molar-refractivity contribution in [2.24, 2.45) is 0 Å². The van der Waals surface area contributed by atoms with Crippen molar-refractivity contribution >= 4 is 5.91 Å². The van der Waals surface area contributed by atoms with Gasteiger partial charge in [0.05, 0.1) is 0 Å². The Morgan fingerprint density at radius 3 is 2.70 bits per heavy atom. The van der Waals surface area contributed by atoms with Crippen LogP contribution in [0.15, 0.2) is 24.3 Å². The Morgan fingerprint density at radius 1 is 1.26 bits per heavy atom. The standard InChI is InChI=1S/C19H29N3O/c1-16-5-4-6-17(15-16)19(8-2-3-9-19)21-10-7-18(23)22-13-11-20-12-14-22/h4-6,15,20-21H,2-3,7-14H2,1H3. The highest BCUT2D eigenvalue weighted by atomic mass is 16.2. The lowest BCUT2D eigenvalue weighted by Crippen LogP contribution is -2.48. The largest absolute Gasteiger partial charge is 0.340 e. The highest BCUT2D eigenvalue weighted by Gasteiger charge is 2.35. The average Bonchev–Trinajstić information content (AvgIpc) is 3.06. The van der Waals surface area contributed by atoms with Crippen LogP contribution in [0, 0.1) is 6.92 Å². The number of nitrogens with zero attached hydrogens (tertiary/aromatic N) is 1. The molecule has 0 unspecified atom stereocenters. The summed E-state index contributed by atoms with van der Waals surface area (Å²) in [6.07, 6.45) is 5.50. The lowest BCUT2D eigenvalue weighted by Gasteiger charge is -2.32. The molecule has 1 aliphatic heterocycles. The van der Waals surface area contributed by atoms with Gasteiger partial charge in [0.1, 0.15) is 0 Å². The molecule has 0 radical (unpaired) electrons. The van der Waals surface area contributed by atoms with Crippen LogP contribution in [-0.2, 0) is 10.3 Å². The minimum absolute atomic E-state index is 0.0791. The average molecular weight is 315 g/mol. The molecule has 0 spiro atoms. The van der Waals surface area contributed by atoms with E-state index in [1.54, 1.807) is 0 Å². The number of aryl methyl sites for hydroxylation is 1. The summed E-state index contributed by atoms with van der Waals surface area (Å²) in [5.74, 6) is 0.288. The first-order valence-electron chi connectivity index (χ1n) is 9.00. The molecule has 1 heterocycles. The first kappa shape index (κ1) is 16.5. The van der Waals surface area contributed by atoms with Gasteiger partial charge < -0.3 is 15.5 Å². The quantitative estimate of drug-likeness (QED) is 0.875. The van der Waals surface area contributed by atoms with Gasteiger partial charge in [0.2, 0.25) is 5.91 Å². The second kappa shape index (κ2) is 7.45. The maximum Gasteiger partial charge on any atom is 0.223 e. The van der Waals surface area contributed by atoms with Crippen molar-refractivity contribution in [2.45, 2.75) is 44.6 Å². The Kier molecular flexibility index (Phi) is 5.34. The van der Waals surface area contributed by atoms with Gasteiger partial charge in [0.15, 0.2) is 0 Å². The smallest absolute Gasteiger partial charge is 0.223 e. The normalized spacial score (nSPS) is 20.7. The Morgan fingerprint density at radius 2 is 2.00 bits per heavy atom. The SMILES string of the molecule is Cc1cccc(C2(NCCC(=O)N3CCNCC3)CCCC2)c1. The summed E-state index contributed by atoms with van der Waals surface area (Å²) in [7, 11) is 0. The summed E-state index contributed by atoms with van der Waals surface area (Å²) in [5, 5.41) is 7.04. The monoisotopic (exact) mass is 315 g/mol. The maximum absolute atomic E-state index is 12.3.